The highest BCUT2D eigenvalue weighted by Crippen LogP contribution is 2.16. The Kier molecular flexibility index (Phi) is 9.70. The van der Waals surface area contributed by atoms with Crippen LogP contribution in [0.1, 0.15) is 19.4 Å². The van der Waals surface area contributed by atoms with Gasteiger partial charge in [-0.25, -0.2) is 4.39 Å². The van der Waals surface area contributed by atoms with Crippen LogP contribution in [0.5, 0.6) is 0 Å². The average molecular weight is 527 g/mol. The van der Waals surface area contributed by atoms with Crippen molar-refractivity contribution < 1.29 is 9.18 Å². The van der Waals surface area contributed by atoms with Crippen LogP contribution in [0.15, 0.2) is 27.7 Å². The lowest BCUT2D eigenvalue weighted by Crippen LogP contribution is -2.53. The summed E-state index contributed by atoms with van der Waals surface area (Å²) < 4.78 is 14.7. The predicted octanol–water partition coefficient (Wildman–Crippen LogP) is 2.88. The lowest BCUT2D eigenvalue weighted by molar-refractivity contribution is -0.130. The molecule has 0 aromatic heterocycles. The van der Waals surface area contributed by atoms with Gasteiger partial charge in [-0.05, 0) is 37.1 Å². The first-order chi connectivity index (χ1) is 11.5. The fourth-order valence-electron chi connectivity index (χ4n) is 2.68. The van der Waals surface area contributed by atoms with Gasteiger partial charge in [0.05, 0.1) is 0 Å². The first kappa shape index (κ1) is 22.1. The van der Waals surface area contributed by atoms with E-state index in [9.17, 15) is 9.18 Å². The van der Waals surface area contributed by atoms with E-state index in [4.69, 9.17) is 0 Å². The number of carbonyl (C=O) groups is 1. The smallest absolute Gasteiger partial charge is 0.219 e. The van der Waals surface area contributed by atoms with Gasteiger partial charge in [-0.3, -0.25) is 9.79 Å². The number of benzene rings is 1. The molecule has 25 heavy (non-hydrogen) atoms. The Labute approximate surface area is 174 Å². The standard InChI is InChI=1S/C17H24BrFN4O.HI/c1-3-20-17(23-10-8-22(9-11-23)13(2)24)21-7-6-14-12-15(18)4-5-16(14)19;/h4-5,12H,3,6-11H2,1-2H3,(H,20,21);1H. The van der Waals surface area contributed by atoms with Crippen LogP contribution in [-0.4, -0.2) is 60.9 Å². The molecule has 1 N–H and O–H groups in total. The molecule has 0 aliphatic carbocycles. The molecule has 1 aromatic rings. The zero-order valence-corrected chi connectivity index (χ0v) is 18.5. The van der Waals surface area contributed by atoms with E-state index < -0.39 is 0 Å². The number of guanidine groups is 1. The third kappa shape index (κ3) is 6.73. The summed E-state index contributed by atoms with van der Waals surface area (Å²) in [6.45, 7) is 7.85. The van der Waals surface area contributed by atoms with E-state index in [0.29, 0.717) is 31.6 Å². The molecule has 0 atom stereocenters. The second kappa shape index (κ2) is 10.9. The van der Waals surface area contributed by atoms with Crippen molar-refractivity contribution >= 4 is 51.8 Å². The molecule has 1 heterocycles. The van der Waals surface area contributed by atoms with Crippen molar-refractivity contribution in [2.75, 3.05) is 39.3 Å². The van der Waals surface area contributed by atoms with E-state index >= 15 is 0 Å². The molecule has 2 rings (SSSR count). The molecule has 1 saturated heterocycles. The van der Waals surface area contributed by atoms with Gasteiger partial charge < -0.3 is 15.1 Å². The summed E-state index contributed by atoms with van der Waals surface area (Å²) in [5.41, 5.74) is 0.658. The van der Waals surface area contributed by atoms with Crippen LogP contribution in [0.3, 0.4) is 0 Å². The zero-order valence-electron chi connectivity index (χ0n) is 14.6. The number of piperazine rings is 1. The number of halogens is 3. The van der Waals surface area contributed by atoms with E-state index in [1.165, 1.54) is 6.07 Å². The Hall–Kier alpha value is -0.900. The minimum atomic E-state index is -0.200. The molecule has 1 amide bonds. The summed E-state index contributed by atoms with van der Waals surface area (Å²) in [6, 6.07) is 4.96. The number of nitrogens with one attached hydrogen (secondary N) is 1. The summed E-state index contributed by atoms with van der Waals surface area (Å²) in [6.07, 6.45) is 0.549. The van der Waals surface area contributed by atoms with E-state index in [2.05, 4.69) is 31.1 Å². The zero-order chi connectivity index (χ0) is 17.5. The highest BCUT2D eigenvalue weighted by molar-refractivity contribution is 14.0. The summed E-state index contributed by atoms with van der Waals surface area (Å²) >= 11 is 3.37. The van der Waals surface area contributed by atoms with Crippen LogP contribution in [0.2, 0.25) is 0 Å². The molecule has 1 aliphatic heterocycles. The summed E-state index contributed by atoms with van der Waals surface area (Å²) in [5, 5.41) is 3.28. The van der Waals surface area contributed by atoms with Crippen molar-refractivity contribution in [1.82, 2.24) is 15.1 Å². The van der Waals surface area contributed by atoms with Gasteiger partial charge in [-0.1, -0.05) is 15.9 Å². The molecule has 0 bridgehead atoms. The van der Waals surface area contributed by atoms with Crippen molar-refractivity contribution in [3.05, 3.63) is 34.1 Å². The largest absolute Gasteiger partial charge is 0.357 e. The Bertz CT molecular complexity index is 606. The molecule has 1 fully saturated rings. The van der Waals surface area contributed by atoms with Crippen LogP contribution in [0.25, 0.3) is 0 Å². The lowest BCUT2D eigenvalue weighted by atomic mass is 10.1. The Morgan fingerprint density at radius 3 is 2.52 bits per heavy atom. The van der Waals surface area contributed by atoms with Gasteiger partial charge in [0.1, 0.15) is 5.82 Å². The maximum absolute atomic E-state index is 13.8. The second-order valence-electron chi connectivity index (χ2n) is 5.71. The van der Waals surface area contributed by atoms with Crippen LogP contribution in [-0.2, 0) is 11.2 Å². The van der Waals surface area contributed by atoms with Gasteiger partial charge in [0.25, 0.3) is 0 Å². The van der Waals surface area contributed by atoms with Crippen molar-refractivity contribution in [1.29, 1.82) is 0 Å². The number of rotatable bonds is 4. The molecule has 5 nitrogen and oxygen atoms in total. The number of amides is 1. The van der Waals surface area contributed by atoms with Crippen molar-refractivity contribution in [3.63, 3.8) is 0 Å². The van der Waals surface area contributed by atoms with Gasteiger partial charge in [-0.2, -0.15) is 0 Å². The molecule has 0 unspecified atom stereocenters. The third-order valence-electron chi connectivity index (χ3n) is 4.01. The predicted molar refractivity (Wildman–Crippen MR) is 113 cm³/mol. The molecule has 0 spiro atoms. The topological polar surface area (TPSA) is 47.9 Å². The van der Waals surface area contributed by atoms with Crippen molar-refractivity contribution in [2.24, 2.45) is 4.99 Å². The molecule has 1 aliphatic rings. The molecular formula is C17H25BrFIN4O. The number of carbonyl (C=O) groups excluding carboxylic acids is 1. The second-order valence-corrected chi connectivity index (χ2v) is 6.63. The highest BCUT2D eigenvalue weighted by Gasteiger charge is 2.20. The minimum Gasteiger partial charge on any atom is -0.357 e. The van der Waals surface area contributed by atoms with Crippen molar-refractivity contribution in [3.8, 4) is 0 Å². The van der Waals surface area contributed by atoms with Crippen LogP contribution in [0.4, 0.5) is 4.39 Å². The molecule has 1 aromatic carbocycles. The van der Waals surface area contributed by atoms with Gasteiger partial charge in [0, 0.05) is 50.7 Å². The van der Waals surface area contributed by atoms with Crippen molar-refractivity contribution in [2.45, 2.75) is 20.3 Å². The minimum absolute atomic E-state index is 0. The SMILES string of the molecule is CCNC(=NCCc1cc(Br)ccc1F)N1CCN(C(C)=O)CC1.I. The number of aliphatic imine (C=N–C) groups is 1. The lowest BCUT2D eigenvalue weighted by Gasteiger charge is -2.36. The Morgan fingerprint density at radius 1 is 1.28 bits per heavy atom. The molecule has 140 valence electrons. The first-order valence-corrected chi connectivity index (χ1v) is 9.03. The summed E-state index contributed by atoms with van der Waals surface area (Å²) in [4.78, 5) is 20.0. The van der Waals surface area contributed by atoms with Gasteiger partial charge in [0.15, 0.2) is 5.96 Å². The quantitative estimate of drug-likeness (QED) is 0.373. The van der Waals surface area contributed by atoms with Gasteiger partial charge >= 0.3 is 0 Å². The fraction of sp³-hybridized carbons (Fsp3) is 0.529. The number of hydrogen-bond donors (Lipinski definition) is 1. The number of nitrogens with zero attached hydrogens (tertiary/aromatic N) is 3. The highest BCUT2D eigenvalue weighted by atomic mass is 127. The Morgan fingerprint density at radius 2 is 1.92 bits per heavy atom. The van der Waals surface area contributed by atoms with E-state index in [1.54, 1.807) is 19.1 Å². The van der Waals surface area contributed by atoms with Crippen LogP contribution < -0.4 is 5.32 Å². The Balaban J connectivity index is 0.00000312. The molecule has 0 radical (unpaired) electrons. The average Bonchev–Trinajstić information content (AvgIpc) is 2.57. The summed E-state index contributed by atoms with van der Waals surface area (Å²) in [7, 11) is 0. The molecule has 8 heteroatoms. The molecular weight excluding hydrogens is 502 g/mol. The van der Waals surface area contributed by atoms with Crippen LogP contribution in [0, 0.1) is 5.82 Å². The fourth-order valence-corrected chi connectivity index (χ4v) is 3.08. The van der Waals surface area contributed by atoms with E-state index in [1.807, 2.05) is 11.8 Å². The molecule has 0 saturated carbocycles. The normalized spacial score (nSPS) is 15.0. The maximum Gasteiger partial charge on any atom is 0.219 e. The van der Waals surface area contributed by atoms with Gasteiger partial charge in [0.2, 0.25) is 5.91 Å². The third-order valence-corrected chi connectivity index (χ3v) is 4.50. The van der Waals surface area contributed by atoms with E-state index in [0.717, 1.165) is 30.1 Å². The summed E-state index contributed by atoms with van der Waals surface area (Å²) in [5.74, 6) is 0.742. The van der Waals surface area contributed by atoms with Gasteiger partial charge in [-0.15, -0.1) is 24.0 Å². The monoisotopic (exact) mass is 526 g/mol. The number of hydrogen-bond acceptors (Lipinski definition) is 2. The first-order valence-electron chi connectivity index (χ1n) is 8.24. The van der Waals surface area contributed by atoms with Crippen LogP contribution >= 0.6 is 39.9 Å². The van der Waals surface area contributed by atoms with E-state index in [-0.39, 0.29) is 35.7 Å². The maximum atomic E-state index is 13.8.